The molecule has 1 N–H and O–H groups in total. The van der Waals surface area contributed by atoms with E-state index in [9.17, 15) is 8.42 Å². The van der Waals surface area contributed by atoms with E-state index in [-0.39, 0.29) is 12.1 Å². The minimum atomic E-state index is -3.38. The molecule has 2 aliphatic rings. The van der Waals surface area contributed by atoms with Crippen LogP contribution in [0.4, 0.5) is 0 Å². The molecule has 2 bridgehead atoms. The molecule has 110 valence electrons. The molecule has 0 amide bonds. The van der Waals surface area contributed by atoms with Gasteiger partial charge in [0.05, 0.1) is 4.90 Å². The highest BCUT2D eigenvalue weighted by Crippen LogP contribution is 2.34. The zero-order valence-corrected chi connectivity index (χ0v) is 12.9. The van der Waals surface area contributed by atoms with E-state index < -0.39 is 10.0 Å². The van der Waals surface area contributed by atoms with Crippen LogP contribution in [-0.2, 0) is 10.0 Å². The van der Waals surface area contributed by atoms with Gasteiger partial charge in [-0.05, 0) is 56.8 Å². The first-order valence-corrected chi connectivity index (χ1v) is 8.75. The molecule has 2 fully saturated rings. The van der Waals surface area contributed by atoms with E-state index in [1.54, 1.807) is 4.31 Å². The first-order valence-electron chi connectivity index (χ1n) is 7.31. The summed E-state index contributed by atoms with van der Waals surface area (Å²) >= 11 is 0. The van der Waals surface area contributed by atoms with E-state index in [4.69, 9.17) is 0 Å². The molecule has 2 saturated heterocycles. The van der Waals surface area contributed by atoms with Crippen molar-refractivity contribution in [2.45, 2.75) is 50.1 Å². The van der Waals surface area contributed by atoms with Gasteiger partial charge in [-0.2, -0.15) is 4.31 Å². The number of aryl methyl sites for hydroxylation is 2. The number of rotatable bonds is 2. The van der Waals surface area contributed by atoms with E-state index in [1.165, 1.54) is 0 Å². The third kappa shape index (κ3) is 2.28. The van der Waals surface area contributed by atoms with Crippen molar-refractivity contribution in [2.24, 2.45) is 0 Å². The number of nitrogens with zero attached hydrogens (tertiary/aromatic N) is 1. The second kappa shape index (κ2) is 5.13. The van der Waals surface area contributed by atoms with Crippen LogP contribution >= 0.6 is 0 Å². The van der Waals surface area contributed by atoms with E-state index in [0.717, 1.165) is 43.5 Å². The fourth-order valence-electron chi connectivity index (χ4n) is 3.43. The predicted molar refractivity (Wildman–Crippen MR) is 79.2 cm³/mol. The van der Waals surface area contributed by atoms with Crippen LogP contribution in [0.2, 0.25) is 0 Å². The average molecular weight is 294 g/mol. The number of benzene rings is 1. The molecule has 20 heavy (non-hydrogen) atoms. The van der Waals surface area contributed by atoms with Crippen molar-refractivity contribution >= 4 is 10.0 Å². The van der Waals surface area contributed by atoms with Crippen LogP contribution in [-0.4, -0.2) is 37.9 Å². The molecule has 3 rings (SSSR count). The molecule has 5 heteroatoms. The van der Waals surface area contributed by atoms with Crippen LogP contribution in [0.5, 0.6) is 0 Å². The van der Waals surface area contributed by atoms with Gasteiger partial charge in [-0.15, -0.1) is 0 Å². The lowest BCUT2D eigenvalue weighted by Gasteiger charge is -2.27. The van der Waals surface area contributed by atoms with Crippen molar-refractivity contribution in [3.05, 3.63) is 29.3 Å². The highest BCUT2D eigenvalue weighted by Gasteiger charge is 2.43. The fraction of sp³-hybridized carbons (Fsp3) is 0.600. The Kier molecular flexibility index (Phi) is 3.60. The van der Waals surface area contributed by atoms with Gasteiger partial charge in [-0.1, -0.05) is 12.1 Å². The highest BCUT2D eigenvalue weighted by atomic mass is 32.2. The van der Waals surface area contributed by atoms with Crippen molar-refractivity contribution in [3.8, 4) is 0 Å². The topological polar surface area (TPSA) is 49.4 Å². The summed E-state index contributed by atoms with van der Waals surface area (Å²) in [4.78, 5) is 0.483. The Balaban J connectivity index is 2.05. The first-order chi connectivity index (χ1) is 9.50. The first kappa shape index (κ1) is 14.0. The van der Waals surface area contributed by atoms with Crippen LogP contribution in [0.15, 0.2) is 23.1 Å². The summed E-state index contributed by atoms with van der Waals surface area (Å²) < 4.78 is 27.9. The van der Waals surface area contributed by atoms with E-state index in [1.807, 2.05) is 32.0 Å². The van der Waals surface area contributed by atoms with Crippen LogP contribution in [0.25, 0.3) is 0 Å². The smallest absolute Gasteiger partial charge is 0.243 e. The number of nitrogens with one attached hydrogen (secondary N) is 1. The van der Waals surface area contributed by atoms with Crippen LogP contribution in [0.3, 0.4) is 0 Å². The normalized spacial score (nSPS) is 27.5. The Morgan fingerprint density at radius 3 is 2.70 bits per heavy atom. The summed E-state index contributed by atoms with van der Waals surface area (Å²) in [6.07, 6.45) is 2.89. The summed E-state index contributed by atoms with van der Waals surface area (Å²) in [7, 11) is -3.38. The zero-order chi connectivity index (χ0) is 14.3. The maximum atomic E-state index is 13.1. The molecule has 1 aromatic carbocycles. The number of hydrogen-bond acceptors (Lipinski definition) is 3. The van der Waals surface area contributed by atoms with Gasteiger partial charge < -0.3 is 5.32 Å². The Morgan fingerprint density at radius 2 is 1.90 bits per heavy atom. The third-order valence-corrected chi connectivity index (χ3v) is 6.63. The van der Waals surface area contributed by atoms with Gasteiger partial charge in [0.15, 0.2) is 0 Å². The van der Waals surface area contributed by atoms with Crippen LogP contribution < -0.4 is 5.32 Å². The van der Waals surface area contributed by atoms with E-state index in [2.05, 4.69) is 5.32 Å². The van der Waals surface area contributed by atoms with Crippen molar-refractivity contribution in [1.82, 2.24) is 9.62 Å². The third-order valence-electron chi connectivity index (χ3n) is 4.49. The van der Waals surface area contributed by atoms with Gasteiger partial charge in [-0.25, -0.2) is 8.42 Å². The van der Waals surface area contributed by atoms with Crippen LogP contribution in [0.1, 0.15) is 30.4 Å². The summed E-state index contributed by atoms with van der Waals surface area (Å²) in [5, 5.41) is 3.35. The summed E-state index contributed by atoms with van der Waals surface area (Å²) in [6.45, 7) is 5.52. The minimum absolute atomic E-state index is 0.118. The lowest BCUT2D eigenvalue weighted by atomic mass is 10.1. The number of hydrogen-bond donors (Lipinski definition) is 1. The minimum Gasteiger partial charge on any atom is -0.315 e. The summed E-state index contributed by atoms with van der Waals surface area (Å²) in [6, 6.07) is 5.96. The van der Waals surface area contributed by atoms with E-state index in [0.29, 0.717) is 4.90 Å². The Bertz CT molecular complexity index is 598. The molecule has 4 nitrogen and oxygen atoms in total. The van der Waals surface area contributed by atoms with Crippen molar-refractivity contribution < 1.29 is 8.42 Å². The molecule has 0 aliphatic carbocycles. The van der Waals surface area contributed by atoms with Gasteiger partial charge in [0.2, 0.25) is 10.0 Å². The fourth-order valence-corrected chi connectivity index (χ4v) is 5.64. The maximum absolute atomic E-state index is 13.1. The molecule has 0 spiro atoms. The van der Waals surface area contributed by atoms with Gasteiger partial charge in [-0.3, -0.25) is 0 Å². The molecular weight excluding hydrogens is 272 g/mol. The maximum Gasteiger partial charge on any atom is 0.243 e. The lowest BCUT2D eigenvalue weighted by Crippen LogP contribution is -2.42. The largest absolute Gasteiger partial charge is 0.315 e. The van der Waals surface area contributed by atoms with Gasteiger partial charge in [0.25, 0.3) is 0 Å². The molecule has 1 aromatic rings. The van der Waals surface area contributed by atoms with Gasteiger partial charge in [0.1, 0.15) is 0 Å². The molecule has 0 aromatic heterocycles. The van der Waals surface area contributed by atoms with Crippen molar-refractivity contribution in [3.63, 3.8) is 0 Å². The Labute approximate surface area is 121 Å². The SMILES string of the molecule is Cc1ccc(C)c(S(=O)(=O)N2C3CCNCC2CC3)c1. The Hall–Kier alpha value is -0.910. The summed E-state index contributed by atoms with van der Waals surface area (Å²) in [5.41, 5.74) is 1.83. The molecule has 2 heterocycles. The second-order valence-corrected chi connectivity index (χ2v) is 7.79. The summed E-state index contributed by atoms with van der Waals surface area (Å²) in [5.74, 6) is 0. The lowest BCUT2D eigenvalue weighted by molar-refractivity contribution is 0.334. The average Bonchev–Trinajstić information content (AvgIpc) is 2.66. The van der Waals surface area contributed by atoms with E-state index >= 15 is 0 Å². The number of fused-ring (bicyclic) bond motifs is 2. The highest BCUT2D eigenvalue weighted by molar-refractivity contribution is 7.89. The molecule has 2 atom stereocenters. The van der Waals surface area contributed by atoms with Crippen molar-refractivity contribution in [2.75, 3.05) is 13.1 Å². The molecule has 0 radical (unpaired) electrons. The molecular formula is C15H22N2O2S. The quantitative estimate of drug-likeness (QED) is 0.905. The molecule has 0 saturated carbocycles. The van der Waals surface area contributed by atoms with Crippen LogP contribution in [0, 0.1) is 13.8 Å². The zero-order valence-electron chi connectivity index (χ0n) is 12.1. The standard InChI is InChI=1S/C15H22N2O2S/c1-11-3-4-12(2)15(9-11)20(18,19)17-13-5-6-14(17)10-16-8-7-13/h3-4,9,13-14,16H,5-8,10H2,1-2H3. The monoisotopic (exact) mass is 294 g/mol. The van der Waals surface area contributed by atoms with Gasteiger partial charge >= 0.3 is 0 Å². The molecule has 2 aliphatic heterocycles. The number of sulfonamides is 1. The van der Waals surface area contributed by atoms with Gasteiger partial charge in [0, 0.05) is 18.6 Å². The van der Waals surface area contributed by atoms with Crippen molar-refractivity contribution in [1.29, 1.82) is 0 Å². The second-order valence-electron chi connectivity index (χ2n) is 5.98. The predicted octanol–water partition coefficient (Wildman–Crippen LogP) is 1.82. The Morgan fingerprint density at radius 1 is 1.15 bits per heavy atom. The molecule has 2 unspecified atom stereocenters.